The molecule has 0 radical (unpaired) electrons. The van der Waals surface area contributed by atoms with Crippen LogP contribution >= 0.6 is 11.3 Å². The molecule has 174 valence electrons. The highest BCUT2D eigenvalue weighted by Crippen LogP contribution is 2.31. The summed E-state index contributed by atoms with van der Waals surface area (Å²) in [5.41, 5.74) is 1.64. The third kappa shape index (κ3) is 6.19. The van der Waals surface area contributed by atoms with Crippen molar-refractivity contribution in [2.75, 3.05) is 25.0 Å². The highest BCUT2D eigenvalue weighted by atomic mass is 32.1. The van der Waals surface area contributed by atoms with Crippen LogP contribution in [-0.2, 0) is 28.7 Å². The molecule has 0 bridgehead atoms. The number of ether oxygens (including phenoxy) is 1. The Bertz CT molecular complexity index is 1100. The maximum atomic E-state index is 13.0. The van der Waals surface area contributed by atoms with E-state index in [2.05, 4.69) is 27.3 Å². The van der Waals surface area contributed by atoms with E-state index in [4.69, 9.17) is 4.74 Å². The predicted octanol–water partition coefficient (Wildman–Crippen LogP) is 4.90. The molecule has 2 heterocycles. The molecule has 1 saturated heterocycles. The van der Waals surface area contributed by atoms with E-state index in [-0.39, 0.29) is 12.3 Å². The number of nitrogens with one attached hydrogen (secondary N) is 1. The first kappa shape index (κ1) is 23.4. The summed E-state index contributed by atoms with van der Waals surface area (Å²) in [5, 5.41) is 4.12. The van der Waals surface area contributed by atoms with E-state index in [1.54, 1.807) is 13.0 Å². The van der Waals surface area contributed by atoms with E-state index in [9.17, 15) is 18.0 Å². The van der Waals surface area contributed by atoms with Gasteiger partial charge in [-0.15, -0.1) is 11.3 Å². The third-order valence-electron chi connectivity index (χ3n) is 5.38. The van der Waals surface area contributed by atoms with E-state index >= 15 is 0 Å². The molecule has 4 rings (SSSR count). The number of aryl methyl sites for hydroxylation is 1. The standard InChI is InChI=1S/C24H24F3N3O2S/c1-16-23(33-21(28-16)13-18-8-5-9-19(12-18)24(25,26)27)29-22(31)20-15-30(10-11-32-20)14-17-6-3-2-4-7-17/h2-9,12,20H,10-11,13-15H2,1H3,(H,29,31). The zero-order valence-electron chi connectivity index (χ0n) is 18.1. The molecule has 1 aliphatic rings. The Kier molecular flexibility index (Phi) is 7.11. The van der Waals surface area contributed by atoms with Crippen LogP contribution in [0.1, 0.15) is 27.4 Å². The summed E-state index contributed by atoms with van der Waals surface area (Å²) in [6.45, 7) is 4.21. The molecule has 1 aromatic heterocycles. The van der Waals surface area contributed by atoms with Gasteiger partial charge < -0.3 is 10.1 Å². The minimum absolute atomic E-state index is 0.245. The first-order valence-electron chi connectivity index (χ1n) is 10.6. The number of hydrogen-bond donors (Lipinski definition) is 1. The molecule has 1 N–H and O–H groups in total. The molecule has 5 nitrogen and oxygen atoms in total. The van der Waals surface area contributed by atoms with Gasteiger partial charge >= 0.3 is 6.18 Å². The van der Waals surface area contributed by atoms with Crippen LogP contribution in [0.15, 0.2) is 54.6 Å². The number of morpholine rings is 1. The number of amides is 1. The van der Waals surface area contributed by atoms with Crippen LogP contribution in [0, 0.1) is 6.92 Å². The van der Waals surface area contributed by atoms with Crippen LogP contribution in [0.25, 0.3) is 0 Å². The van der Waals surface area contributed by atoms with E-state index in [0.29, 0.717) is 34.4 Å². The molecular weight excluding hydrogens is 451 g/mol. The first-order valence-corrected chi connectivity index (χ1v) is 11.4. The third-order valence-corrected chi connectivity index (χ3v) is 6.45. The van der Waals surface area contributed by atoms with E-state index in [1.165, 1.54) is 23.0 Å². The van der Waals surface area contributed by atoms with Gasteiger partial charge in [-0.05, 0) is 24.1 Å². The number of benzene rings is 2. The minimum atomic E-state index is -4.39. The predicted molar refractivity (Wildman–Crippen MR) is 121 cm³/mol. The maximum Gasteiger partial charge on any atom is 0.416 e. The molecule has 3 aromatic rings. The molecule has 1 aliphatic heterocycles. The van der Waals surface area contributed by atoms with Gasteiger partial charge in [-0.2, -0.15) is 13.2 Å². The van der Waals surface area contributed by atoms with Crippen molar-refractivity contribution in [1.82, 2.24) is 9.88 Å². The van der Waals surface area contributed by atoms with Gasteiger partial charge in [-0.3, -0.25) is 9.69 Å². The Balaban J connectivity index is 1.38. The van der Waals surface area contributed by atoms with Crippen molar-refractivity contribution >= 4 is 22.2 Å². The summed E-state index contributed by atoms with van der Waals surface area (Å²) < 4.78 is 44.6. The number of carbonyl (C=O) groups is 1. The lowest BCUT2D eigenvalue weighted by Gasteiger charge is -2.32. The number of anilines is 1. The van der Waals surface area contributed by atoms with Crippen molar-refractivity contribution in [3.8, 4) is 0 Å². The Morgan fingerprint density at radius 2 is 1.94 bits per heavy atom. The van der Waals surface area contributed by atoms with Gasteiger partial charge in [-0.1, -0.05) is 48.5 Å². The summed E-state index contributed by atoms with van der Waals surface area (Å²) in [7, 11) is 0. The van der Waals surface area contributed by atoms with Crippen molar-refractivity contribution in [2.45, 2.75) is 32.2 Å². The zero-order valence-corrected chi connectivity index (χ0v) is 18.9. The van der Waals surface area contributed by atoms with Crippen molar-refractivity contribution < 1.29 is 22.7 Å². The number of hydrogen-bond acceptors (Lipinski definition) is 5. The molecule has 33 heavy (non-hydrogen) atoms. The summed E-state index contributed by atoms with van der Waals surface area (Å²) >= 11 is 1.27. The Morgan fingerprint density at radius 3 is 2.70 bits per heavy atom. The quantitative estimate of drug-likeness (QED) is 0.551. The summed E-state index contributed by atoms with van der Waals surface area (Å²) in [6.07, 6.45) is -4.73. The summed E-state index contributed by atoms with van der Waals surface area (Å²) in [6, 6.07) is 15.3. The van der Waals surface area contributed by atoms with Gasteiger partial charge in [0.1, 0.15) is 11.1 Å². The fourth-order valence-corrected chi connectivity index (χ4v) is 4.72. The maximum absolute atomic E-state index is 13.0. The molecule has 0 spiro atoms. The van der Waals surface area contributed by atoms with Crippen LogP contribution in [0.4, 0.5) is 18.2 Å². The topological polar surface area (TPSA) is 54.5 Å². The highest BCUT2D eigenvalue weighted by Gasteiger charge is 2.30. The van der Waals surface area contributed by atoms with E-state index < -0.39 is 17.8 Å². The van der Waals surface area contributed by atoms with Crippen molar-refractivity contribution in [3.05, 3.63) is 82.0 Å². The number of carbonyl (C=O) groups excluding carboxylic acids is 1. The second kappa shape index (κ2) is 10.0. The van der Waals surface area contributed by atoms with Gasteiger partial charge in [0.05, 0.1) is 22.9 Å². The smallest absolute Gasteiger partial charge is 0.366 e. The van der Waals surface area contributed by atoms with Crippen LogP contribution < -0.4 is 5.32 Å². The number of thiazole rings is 1. The van der Waals surface area contributed by atoms with Crippen LogP contribution in [-0.4, -0.2) is 41.6 Å². The molecule has 1 fully saturated rings. The van der Waals surface area contributed by atoms with Crippen LogP contribution in [0.5, 0.6) is 0 Å². The van der Waals surface area contributed by atoms with E-state index in [0.717, 1.165) is 25.2 Å². The number of rotatable bonds is 6. The van der Waals surface area contributed by atoms with Gasteiger partial charge in [0.15, 0.2) is 0 Å². The largest absolute Gasteiger partial charge is 0.416 e. The molecule has 0 aliphatic carbocycles. The second-order valence-corrected chi connectivity index (χ2v) is 9.05. The zero-order chi connectivity index (χ0) is 23.4. The van der Waals surface area contributed by atoms with Crippen molar-refractivity contribution in [3.63, 3.8) is 0 Å². The van der Waals surface area contributed by atoms with Gasteiger partial charge in [0.25, 0.3) is 5.91 Å². The lowest BCUT2D eigenvalue weighted by atomic mass is 10.1. The lowest BCUT2D eigenvalue weighted by Crippen LogP contribution is -2.47. The number of alkyl halides is 3. The number of aromatic nitrogens is 1. The fourth-order valence-electron chi connectivity index (χ4n) is 3.71. The average molecular weight is 476 g/mol. The average Bonchev–Trinajstić information content (AvgIpc) is 3.12. The number of nitrogens with zero attached hydrogens (tertiary/aromatic N) is 2. The molecule has 1 atom stereocenters. The second-order valence-electron chi connectivity index (χ2n) is 7.97. The number of halogens is 3. The summed E-state index contributed by atoms with van der Waals surface area (Å²) in [4.78, 5) is 19.5. The highest BCUT2D eigenvalue weighted by molar-refractivity contribution is 7.16. The van der Waals surface area contributed by atoms with Crippen molar-refractivity contribution in [2.24, 2.45) is 0 Å². The molecule has 1 amide bonds. The molecule has 9 heteroatoms. The van der Waals surface area contributed by atoms with Gasteiger partial charge in [-0.25, -0.2) is 4.98 Å². The minimum Gasteiger partial charge on any atom is -0.366 e. The summed E-state index contributed by atoms with van der Waals surface area (Å²) in [5.74, 6) is -0.245. The van der Waals surface area contributed by atoms with Crippen LogP contribution in [0.3, 0.4) is 0 Å². The fraction of sp³-hybridized carbons (Fsp3) is 0.333. The molecule has 0 saturated carbocycles. The van der Waals surface area contributed by atoms with Crippen LogP contribution in [0.2, 0.25) is 0 Å². The molecule has 1 unspecified atom stereocenters. The lowest BCUT2D eigenvalue weighted by molar-refractivity contribution is -0.137. The molecular formula is C24H24F3N3O2S. The van der Waals surface area contributed by atoms with Gasteiger partial charge in [0, 0.05) is 26.1 Å². The molecule has 2 aromatic carbocycles. The SMILES string of the molecule is Cc1nc(Cc2cccc(C(F)(F)F)c2)sc1NC(=O)C1CN(Cc2ccccc2)CCO1. The first-order chi connectivity index (χ1) is 15.8. The monoisotopic (exact) mass is 475 g/mol. The normalized spacial score (nSPS) is 17.2. The Hall–Kier alpha value is -2.75. The van der Waals surface area contributed by atoms with E-state index in [1.807, 2.05) is 18.2 Å². The Labute approximate surface area is 194 Å². The van der Waals surface area contributed by atoms with Crippen molar-refractivity contribution in [1.29, 1.82) is 0 Å². The Morgan fingerprint density at radius 1 is 1.18 bits per heavy atom. The van der Waals surface area contributed by atoms with Gasteiger partial charge in [0.2, 0.25) is 0 Å².